The number of aromatic nitrogens is 1. The minimum Gasteiger partial charge on any atom is -0.384 e. The van der Waals surface area contributed by atoms with Crippen LogP contribution in [-0.2, 0) is 0 Å². The molecule has 1 aliphatic heterocycles. The van der Waals surface area contributed by atoms with E-state index in [0.717, 1.165) is 23.1 Å². The standard InChI is InChI=1S/C14H13N3/c15-14-10-13(17-8-4-1-5-9-17)11-6-2-3-7-12(11)16-14/h1-8,10H,9H2,(H2,15,16). The van der Waals surface area contributed by atoms with Gasteiger partial charge in [0.15, 0.2) is 0 Å². The molecule has 0 aliphatic carbocycles. The van der Waals surface area contributed by atoms with E-state index in [1.807, 2.05) is 36.4 Å². The SMILES string of the molecule is Nc1cc(N2C=CC=CC2)c2ccccc2n1. The van der Waals surface area contributed by atoms with Crippen LogP contribution in [-0.4, -0.2) is 11.5 Å². The number of pyridine rings is 1. The van der Waals surface area contributed by atoms with Gasteiger partial charge in [0.05, 0.1) is 11.2 Å². The number of para-hydroxylation sites is 1. The number of nitrogens with zero attached hydrogens (tertiary/aromatic N) is 2. The fraction of sp³-hybridized carbons (Fsp3) is 0.0714. The van der Waals surface area contributed by atoms with E-state index in [9.17, 15) is 0 Å². The van der Waals surface area contributed by atoms with Gasteiger partial charge in [0.25, 0.3) is 0 Å². The molecule has 0 spiro atoms. The van der Waals surface area contributed by atoms with E-state index >= 15 is 0 Å². The van der Waals surface area contributed by atoms with Crippen molar-refractivity contribution in [3.63, 3.8) is 0 Å². The van der Waals surface area contributed by atoms with E-state index in [2.05, 4.69) is 28.2 Å². The van der Waals surface area contributed by atoms with Crippen LogP contribution in [0.1, 0.15) is 0 Å². The Morgan fingerprint density at radius 2 is 2.06 bits per heavy atom. The Morgan fingerprint density at radius 1 is 1.18 bits per heavy atom. The third-order valence-electron chi connectivity index (χ3n) is 2.84. The Labute approximate surface area is 99.9 Å². The van der Waals surface area contributed by atoms with Gasteiger partial charge in [0.1, 0.15) is 5.82 Å². The monoisotopic (exact) mass is 223 g/mol. The molecule has 0 saturated carbocycles. The molecule has 1 aliphatic rings. The molecule has 84 valence electrons. The lowest BCUT2D eigenvalue weighted by molar-refractivity contribution is 1.08. The van der Waals surface area contributed by atoms with Crippen LogP contribution in [0, 0.1) is 0 Å². The summed E-state index contributed by atoms with van der Waals surface area (Å²) in [5, 5.41) is 1.13. The van der Waals surface area contributed by atoms with Gasteiger partial charge >= 0.3 is 0 Å². The first-order valence-corrected chi connectivity index (χ1v) is 5.60. The molecule has 2 aromatic rings. The van der Waals surface area contributed by atoms with Crippen molar-refractivity contribution in [1.29, 1.82) is 0 Å². The largest absolute Gasteiger partial charge is 0.384 e. The predicted molar refractivity (Wildman–Crippen MR) is 71.8 cm³/mol. The van der Waals surface area contributed by atoms with Gasteiger partial charge in [-0.3, -0.25) is 0 Å². The van der Waals surface area contributed by atoms with Crippen molar-refractivity contribution in [2.75, 3.05) is 17.2 Å². The lowest BCUT2D eigenvalue weighted by atomic mass is 10.1. The molecule has 0 radical (unpaired) electrons. The molecule has 3 nitrogen and oxygen atoms in total. The quantitative estimate of drug-likeness (QED) is 0.808. The molecule has 0 unspecified atom stereocenters. The van der Waals surface area contributed by atoms with Gasteiger partial charge in [0, 0.05) is 24.2 Å². The Morgan fingerprint density at radius 3 is 2.88 bits per heavy atom. The molecule has 0 bridgehead atoms. The van der Waals surface area contributed by atoms with E-state index in [4.69, 9.17) is 5.73 Å². The Balaban J connectivity index is 2.20. The maximum absolute atomic E-state index is 5.85. The van der Waals surface area contributed by atoms with Gasteiger partial charge in [-0.1, -0.05) is 30.4 Å². The Hall–Kier alpha value is -2.29. The molecule has 0 saturated heterocycles. The van der Waals surface area contributed by atoms with E-state index in [0.29, 0.717) is 5.82 Å². The number of hydrogen-bond donors (Lipinski definition) is 1. The number of anilines is 2. The summed E-state index contributed by atoms with van der Waals surface area (Å²) in [7, 11) is 0. The minimum atomic E-state index is 0.557. The smallest absolute Gasteiger partial charge is 0.126 e. The number of fused-ring (bicyclic) bond motifs is 1. The molecule has 3 heteroatoms. The first-order chi connectivity index (χ1) is 8.34. The van der Waals surface area contributed by atoms with Crippen molar-refractivity contribution >= 4 is 22.4 Å². The van der Waals surface area contributed by atoms with Gasteiger partial charge in [-0.15, -0.1) is 0 Å². The molecule has 1 aromatic carbocycles. The molecule has 0 fully saturated rings. The van der Waals surface area contributed by atoms with E-state index < -0.39 is 0 Å². The highest BCUT2D eigenvalue weighted by molar-refractivity contribution is 5.93. The average Bonchev–Trinajstić information content (AvgIpc) is 2.39. The normalized spacial score (nSPS) is 14.5. The Kier molecular flexibility index (Phi) is 2.29. The number of nitrogens with two attached hydrogens (primary N) is 1. The number of rotatable bonds is 1. The van der Waals surface area contributed by atoms with Crippen LogP contribution < -0.4 is 10.6 Å². The minimum absolute atomic E-state index is 0.557. The molecule has 0 amide bonds. The van der Waals surface area contributed by atoms with Crippen LogP contribution in [0.5, 0.6) is 0 Å². The zero-order valence-electron chi connectivity index (χ0n) is 9.38. The van der Waals surface area contributed by atoms with Crippen LogP contribution in [0.25, 0.3) is 10.9 Å². The zero-order chi connectivity index (χ0) is 11.7. The van der Waals surface area contributed by atoms with Crippen LogP contribution in [0.15, 0.2) is 54.8 Å². The van der Waals surface area contributed by atoms with E-state index in [1.165, 1.54) is 0 Å². The summed E-state index contributed by atoms with van der Waals surface area (Å²) >= 11 is 0. The van der Waals surface area contributed by atoms with Crippen molar-refractivity contribution in [3.05, 3.63) is 54.8 Å². The molecule has 1 aromatic heterocycles. The Bertz CT molecular complexity index is 614. The summed E-state index contributed by atoms with van der Waals surface area (Å²) in [6, 6.07) is 9.98. The second kappa shape index (κ2) is 3.94. The van der Waals surface area contributed by atoms with Gasteiger partial charge in [-0.2, -0.15) is 0 Å². The number of allylic oxidation sites excluding steroid dienone is 2. The number of nitrogen functional groups attached to an aromatic ring is 1. The zero-order valence-corrected chi connectivity index (χ0v) is 9.38. The highest BCUT2D eigenvalue weighted by atomic mass is 15.1. The first kappa shape index (κ1) is 9.90. The third kappa shape index (κ3) is 1.76. The summed E-state index contributed by atoms with van der Waals surface area (Å²) in [6.45, 7) is 0.865. The second-order valence-electron chi connectivity index (χ2n) is 4.01. The molecule has 2 heterocycles. The van der Waals surface area contributed by atoms with Crippen molar-refractivity contribution in [1.82, 2.24) is 4.98 Å². The third-order valence-corrected chi connectivity index (χ3v) is 2.84. The van der Waals surface area contributed by atoms with Crippen LogP contribution in [0.4, 0.5) is 11.5 Å². The van der Waals surface area contributed by atoms with Gasteiger partial charge in [-0.05, 0) is 12.1 Å². The van der Waals surface area contributed by atoms with Crippen molar-refractivity contribution in [2.24, 2.45) is 0 Å². The van der Waals surface area contributed by atoms with Crippen LogP contribution in [0.2, 0.25) is 0 Å². The van der Waals surface area contributed by atoms with Crippen LogP contribution in [0.3, 0.4) is 0 Å². The second-order valence-corrected chi connectivity index (χ2v) is 4.01. The number of hydrogen-bond acceptors (Lipinski definition) is 3. The summed E-state index contributed by atoms with van der Waals surface area (Å²) in [4.78, 5) is 6.51. The van der Waals surface area contributed by atoms with Gasteiger partial charge in [0.2, 0.25) is 0 Å². The molecular weight excluding hydrogens is 210 g/mol. The fourth-order valence-corrected chi connectivity index (χ4v) is 2.06. The topological polar surface area (TPSA) is 42.1 Å². The average molecular weight is 223 g/mol. The van der Waals surface area contributed by atoms with Crippen molar-refractivity contribution in [3.8, 4) is 0 Å². The summed E-state index contributed by atoms with van der Waals surface area (Å²) in [6.07, 6.45) is 8.24. The van der Waals surface area contributed by atoms with E-state index in [-0.39, 0.29) is 0 Å². The van der Waals surface area contributed by atoms with E-state index in [1.54, 1.807) is 0 Å². The summed E-state index contributed by atoms with van der Waals surface area (Å²) < 4.78 is 0. The fourth-order valence-electron chi connectivity index (χ4n) is 2.06. The maximum atomic E-state index is 5.85. The van der Waals surface area contributed by atoms with Gasteiger partial charge < -0.3 is 10.6 Å². The van der Waals surface area contributed by atoms with Crippen molar-refractivity contribution in [2.45, 2.75) is 0 Å². The summed E-state index contributed by atoms with van der Waals surface area (Å²) in [5.74, 6) is 0.557. The summed E-state index contributed by atoms with van der Waals surface area (Å²) in [5.41, 5.74) is 7.89. The maximum Gasteiger partial charge on any atom is 0.126 e. The molecule has 0 atom stereocenters. The lowest BCUT2D eigenvalue weighted by Gasteiger charge is -2.22. The molecule has 2 N–H and O–H groups in total. The van der Waals surface area contributed by atoms with Crippen molar-refractivity contribution < 1.29 is 0 Å². The highest BCUT2D eigenvalue weighted by Crippen LogP contribution is 2.28. The number of benzene rings is 1. The predicted octanol–water partition coefficient (Wildman–Crippen LogP) is 2.71. The molecule has 17 heavy (non-hydrogen) atoms. The molecule has 3 rings (SSSR count). The lowest BCUT2D eigenvalue weighted by Crippen LogP contribution is -2.18. The van der Waals surface area contributed by atoms with Gasteiger partial charge in [-0.25, -0.2) is 4.98 Å². The highest BCUT2D eigenvalue weighted by Gasteiger charge is 2.09. The first-order valence-electron chi connectivity index (χ1n) is 5.60. The van der Waals surface area contributed by atoms with Crippen LogP contribution >= 0.6 is 0 Å². The molecular formula is C14H13N3.